The van der Waals surface area contributed by atoms with Crippen molar-refractivity contribution in [3.8, 4) is 11.1 Å². The number of unbranched alkanes of at least 4 members (excludes halogenated alkanes) is 2. The Bertz CT molecular complexity index is 1400. The number of benzene rings is 2. The van der Waals surface area contributed by atoms with Crippen molar-refractivity contribution >= 4 is 23.7 Å². The molecule has 0 aliphatic rings. The van der Waals surface area contributed by atoms with Gasteiger partial charge in [-0.15, -0.1) is 0 Å². The zero-order valence-corrected chi connectivity index (χ0v) is 25.4. The minimum absolute atomic E-state index is 0.0925. The number of carbonyl (C=O) groups is 4. The van der Waals surface area contributed by atoms with Gasteiger partial charge in [-0.1, -0.05) is 69.2 Å². The van der Waals surface area contributed by atoms with Crippen LogP contribution in [0, 0.1) is 0 Å². The lowest BCUT2D eigenvalue weighted by Gasteiger charge is -2.23. The maximum Gasteiger partial charge on any atom is 0.326 e. The number of likely N-dealkylation sites (N-methyl/N-ethyl adjacent to an activating group) is 1. The van der Waals surface area contributed by atoms with E-state index < -0.39 is 29.7 Å². The van der Waals surface area contributed by atoms with E-state index in [-0.39, 0.29) is 12.8 Å². The van der Waals surface area contributed by atoms with Crippen LogP contribution in [0.5, 0.6) is 0 Å². The number of nitrogens with one attached hydrogen (secondary N) is 2. The molecule has 0 fully saturated rings. The van der Waals surface area contributed by atoms with E-state index in [2.05, 4.69) is 24.7 Å². The van der Waals surface area contributed by atoms with Gasteiger partial charge in [-0.3, -0.25) is 25.2 Å². The number of carboxylic acids is 1. The smallest absolute Gasteiger partial charge is 0.326 e. The monoisotopic (exact) mass is 590 g/mol. The van der Waals surface area contributed by atoms with E-state index in [9.17, 15) is 24.3 Å². The molecule has 0 bridgehead atoms. The lowest BCUT2D eigenvalue weighted by Crippen LogP contribution is -2.44. The fraction of sp³-hybridized carbons (Fsp3) is 0.438. The van der Waals surface area contributed by atoms with Gasteiger partial charge in [0, 0.05) is 38.8 Å². The molecule has 0 spiro atoms. The average Bonchev–Trinajstić information content (AvgIpc) is 3.38. The summed E-state index contributed by atoms with van der Waals surface area (Å²) < 4.78 is 2.00. The normalized spacial score (nSPS) is 11.5. The molecule has 3 rings (SSSR count). The number of hydrogen-bond acceptors (Lipinski definition) is 6. The van der Waals surface area contributed by atoms with Crippen LogP contribution in [0.25, 0.3) is 11.1 Å². The lowest BCUT2D eigenvalue weighted by atomic mass is 9.98. The van der Waals surface area contributed by atoms with Crippen LogP contribution in [0.15, 0.2) is 48.5 Å². The van der Waals surface area contributed by atoms with Gasteiger partial charge >= 0.3 is 5.97 Å². The summed E-state index contributed by atoms with van der Waals surface area (Å²) in [6.45, 7) is 6.19. The van der Waals surface area contributed by atoms with Gasteiger partial charge in [-0.25, -0.2) is 14.5 Å². The number of carboxylic acid groups (broad SMARTS) is 1. The van der Waals surface area contributed by atoms with Crippen molar-refractivity contribution in [2.45, 2.75) is 84.7 Å². The fourth-order valence-electron chi connectivity index (χ4n) is 4.64. The number of hydrogen-bond donors (Lipinski definition) is 3. The molecule has 0 radical (unpaired) electrons. The van der Waals surface area contributed by atoms with Crippen LogP contribution in [-0.4, -0.2) is 61.6 Å². The largest absolute Gasteiger partial charge is 0.480 e. The maximum atomic E-state index is 13.0. The predicted octanol–water partition coefficient (Wildman–Crippen LogP) is 4.15. The summed E-state index contributed by atoms with van der Waals surface area (Å²) in [6, 6.07) is 13.9. The zero-order valence-electron chi connectivity index (χ0n) is 25.4. The molecule has 0 saturated heterocycles. The zero-order chi connectivity index (χ0) is 31.4. The van der Waals surface area contributed by atoms with E-state index in [1.807, 2.05) is 41.1 Å². The third-order valence-electron chi connectivity index (χ3n) is 7.28. The molecule has 2 aromatic carbocycles. The lowest BCUT2D eigenvalue weighted by molar-refractivity contribution is -0.148. The molecule has 3 amide bonds. The fourth-order valence-corrected chi connectivity index (χ4v) is 4.64. The Balaban J connectivity index is 1.66. The molecule has 43 heavy (non-hydrogen) atoms. The van der Waals surface area contributed by atoms with Crippen molar-refractivity contribution in [1.29, 1.82) is 0 Å². The first-order valence-electron chi connectivity index (χ1n) is 14.8. The highest BCUT2D eigenvalue weighted by atomic mass is 16.4. The molecule has 0 aliphatic heterocycles. The molecule has 3 aromatic rings. The predicted molar refractivity (Wildman–Crippen MR) is 163 cm³/mol. The summed E-state index contributed by atoms with van der Waals surface area (Å²) in [5.74, 6) is -0.803. The average molecular weight is 591 g/mol. The van der Waals surface area contributed by atoms with Gasteiger partial charge in [0.15, 0.2) is 5.82 Å². The Labute approximate surface area is 252 Å². The summed E-state index contributed by atoms with van der Waals surface area (Å²) in [5, 5.41) is 14.1. The van der Waals surface area contributed by atoms with Crippen molar-refractivity contribution < 1.29 is 24.3 Å². The minimum Gasteiger partial charge on any atom is -0.480 e. The first kappa shape index (κ1) is 33.0. The number of amides is 3. The number of nitrogens with zero attached hydrogens (tertiary/aromatic N) is 4. The van der Waals surface area contributed by atoms with Crippen LogP contribution in [0.1, 0.15) is 86.9 Å². The molecule has 1 aromatic heterocycles. The van der Waals surface area contributed by atoms with Crippen LogP contribution in [-0.2, 0) is 33.8 Å². The van der Waals surface area contributed by atoms with Crippen LogP contribution in [0.4, 0.5) is 0 Å². The van der Waals surface area contributed by atoms with Gasteiger partial charge in [-0.2, -0.15) is 5.10 Å². The van der Waals surface area contributed by atoms with E-state index in [4.69, 9.17) is 10.1 Å². The number of aryl methyl sites for hydroxylation is 2. The molecular weight excluding hydrogens is 548 g/mol. The molecule has 11 heteroatoms. The van der Waals surface area contributed by atoms with Gasteiger partial charge in [0.2, 0.25) is 11.8 Å². The highest BCUT2D eigenvalue weighted by Crippen LogP contribution is 2.24. The molecule has 0 aliphatic carbocycles. The van der Waals surface area contributed by atoms with Gasteiger partial charge in [0.1, 0.15) is 11.9 Å². The number of aliphatic carboxylic acids is 1. The first-order chi connectivity index (χ1) is 20.6. The van der Waals surface area contributed by atoms with Crippen molar-refractivity contribution in [1.82, 2.24) is 30.5 Å². The highest BCUT2D eigenvalue weighted by Gasteiger charge is 2.25. The number of rotatable bonds is 15. The van der Waals surface area contributed by atoms with Crippen LogP contribution in [0.3, 0.4) is 0 Å². The molecule has 230 valence electrons. The van der Waals surface area contributed by atoms with Crippen LogP contribution in [0.2, 0.25) is 0 Å². The number of carbonyl (C=O) groups excluding carboxylic acids is 3. The number of hydrazine groups is 1. The van der Waals surface area contributed by atoms with Crippen LogP contribution >= 0.6 is 0 Å². The Hall–Kier alpha value is -4.54. The summed E-state index contributed by atoms with van der Waals surface area (Å²) in [6.07, 6.45) is 5.79. The quantitative estimate of drug-likeness (QED) is 0.225. The Morgan fingerprint density at radius 1 is 0.953 bits per heavy atom. The van der Waals surface area contributed by atoms with E-state index in [0.29, 0.717) is 17.7 Å². The van der Waals surface area contributed by atoms with Crippen molar-refractivity contribution in [3.63, 3.8) is 0 Å². The van der Waals surface area contributed by atoms with E-state index in [1.54, 1.807) is 12.1 Å². The molecule has 11 nitrogen and oxygen atoms in total. The van der Waals surface area contributed by atoms with E-state index in [1.165, 1.54) is 14.0 Å². The van der Waals surface area contributed by atoms with E-state index >= 15 is 0 Å². The Morgan fingerprint density at radius 2 is 1.63 bits per heavy atom. The summed E-state index contributed by atoms with van der Waals surface area (Å²) >= 11 is 0. The Kier molecular flexibility index (Phi) is 12.4. The summed E-state index contributed by atoms with van der Waals surface area (Å²) in [4.78, 5) is 54.2. The number of aromatic nitrogens is 3. The molecular formula is C32H42N6O5. The third-order valence-corrected chi connectivity index (χ3v) is 7.28. The molecule has 0 saturated carbocycles. The summed E-state index contributed by atoms with van der Waals surface area (Å²) in [7, 11) is 1.37. The first-order valence-corrected chi connectivity index (χ1v) is 14.8. The minimum atomic E-state index is -1.20. The van der Waals surface area contributed by atoms with Crippen molar-refractivity contribution in [2.24, 2.45) is 0 Å². The SMILES string of the molecule is CCCCc1nc(CCCC)n(Cc2ccc(-c3ccccc3C(=O)NNC(=O)CCC(C(=O)O)N(C)C(C)=O)cc2)n1. The second-order valence-electron chi connectivity index (χ2n) is 10.6. The maximum absolute atomic E-state index is 13.0. The molecule has 1 atom stereocenters. The summed E-state index contributed by atoms with van der Waals surface area (Å²) in [5.41, 5.74) is 7.73. The van der Waals surface area contributed by atoms with Gasteiger partial charge < -0.3 is 10.0 Å². The second kappa shape index (κ2) is 16.2. The van der Waals surface area contributed by atoms with Gasteiger partial charge in [0.05, 0.1) is 6.54 Å². The molecule has 1 heterocycles. The molecule has 3 N–H and O–H groups in total. The van der Waals surface area contributed by atoms with Crippen molar-refractivity contribution in [3.05, 3.63) is 71.3 Å². The Morgan fingerprint density at radius 3 is 2.28 bits per heavy atom. The van der Waals surface area contributed by atoms with Gasteiger partial charge in [0.25, 0.3) is 5.91 Å². The third kappa shape index (κ3) is 9.49. The van der Waals surface area contributed by atoms with Gasteiger partial charge in [-0.05, 0) is 42.0 Å². The molecule has 1 unspecified atom stereocenters. The van der Waals surface area contributed by atoms with Crippen LogP contribution < -0.4 is 10.9 Å². The van der Waals surface area contributed by atoms with E-state index in [0.717, 1.165) is 66.2 Å². The second-order valence-corrected chi connectivity index (χ2v) is 10.6. The standard InChI is InChI=1S/C32H42N6O5/c1-5-7-13-28-33-29(14-8-6-2)38(36-28)21-23-15-17-24(18-16-23)25-11-9-10-12-26(25)31(41)35-34-30(40)20-19-27(32(42)43)37(4)22(3)39/h9-12,15-18,27H,5-8,13-14,19-21H2,1-4H3,(H,34,40)(H,35,41)(H,42,43). The van der Waals surface area contributed by atoms with Crippen molar-refractivity contribution in [2.75, 3.05) is 7.05 Å². The highest BCUT2D eigenvalue weighted by molar-refractivity contribution is 6.01. The topological polar surface area (TPSA) is 147 Å².